The number of aliphatic hydroxyl groups is 1. The molecule has 0 aliphatic rings. The van der Waals surface area contributed by atoms with Crippen molar-refractivity contribution >= 4 is 17.7 Å². The molecule has 0 aliphatic carbocycles. The van der Waals surface area contributed by atoms with Crippen molar-refractivity contribution in [3.05, 3.63) is 46.0 Å². The first-order chi connectivity index (χ1) is 14.0. The van der Waals surface area contributed by atoms with Gasteiger partial charge in [-0.3, -0.25) is 19.5 Å². The number of amides is 2. The summed E-state index contributed by atoms with van der Waals surface area (Å²) in [6, 6.07) is 7.75. The third-order valence-electron chi connectivity index (χ3n) is 4.07. The zero-order valence-electron chi connectivity index (χ0n) is 17.1. The molecule has 0 unspecified atom stereocenters. The van der Waals surface area contributed by atoms with Crippen LogP contribution >= 0.6 is 0 Å². The SMILES string of the molecule is COC(=O)Nc1cc(C#N)ccc1-c1cc(=O)n(CC(=O)NCC(C)(C)O)c(C)n1. The molecular weight excluding hydrogens is 390 g/mol. The Kier molecular flexibility index (Phi) is 6.92. The molecule has 1 aromatic heterocycles. The molecule has 1 heterocycles. The van der Waals surface area contributed by atoms with E-state index in [1.165, 1.54) is 29.9 Å². The minimum atomic E-state index is -1.07. The molecule has 1 aromatic carbocycles. The minimum Gasteiger partial charge on any atom is -0.453 e. The van der Waals surface area contributed by atoms with Gasteiger partial charge in [0.1, 0.15) is 12.4 Å². The number of anilines is 1. The fourth-order valence-electron chi connectivity index (χ4n) is 2.57. The Morgan fingerprint density at radius 1 is 1.33 bits per heavy atom. The number of benzene rings is 1. The number of carbonyl (C=O) groups is 2. The van der Waals surface area contributed by atoms with E-state index in [-0.39, 0.29) is 30.3 Å². The van der Waals surface area contributed by atoms with E-state index >= 15 is 0 Å². The van der Waals surface area contributed by atoms with Crippen LogP contribution in [0.3, 0.4) is 0 Å². The summed E-state index contributed by atoms with van der Waals surface area (Å²) >= 11 is 0. The van der Waals surface area contributed by atoms with Gasteiger partial charge in [-0.1, -0.05) is 0 Å². The summed E-state index contributed by atoms with van der Waals surface area (Å²) in [6.45, 7) is 4.47. The second kappa shape index (κ2) is 9.19. The highest BCUT2D eigenvalue weighted by Gasteiger charge is 2.17. The quantitative estimate of drug-likeness (QED) is 0.644. The summed E-state index contributed by atoms with van der Waals surface area (Å²) in [7, 11) is 1.20. The topological polar surface area (TPSA) is 146 Å². The smallest absolute Gasteiger partial charge is 0.411 e. The Morgan fingerprint density at radius 2 is 2.03 bits per heavy atom. The highest BCUT2D eigenvalue weighted by Crippen LogP contribution is 2.27. The Labute approximate surface area is 173 Å². The van der Waals surface area contributed by atoms with Crippen molar-refractivity contribution in [1.82, 2.24) is 14.9 Å². The van der Waals surface area contributed by atoms with Gasteiger partial charge >= 0.3 is 6.09 Å². The molecular formula is C20H23N5O5. The molecule has 0 radical (unpaired) electrons. The lowest BCUT2D eigenvalue weighted by Gasteiger charge is -2.18. The number of ether oxygens (including phenoxy) is 1. The Balaban J connectivity index is 2.37. The van der Waals surface area contributed by atoms with Crippen LogP contribution in [0.1, 0.15) is 25.2 Å². The number of nitrogens with zero attached hydrogens (tertiary/aromatic N) is 3. The summed E-state index contributed by atoms with van der Waals surface area (Å²) in [4.78, 5) is 40.7. The minimum absolute atomic E-state index is 0.0406. The van der Waals surface area contributed by atoms with Crippen LogP contribution in [0.15, 0.2) is 29.1 Å². The lowest BCUT2D eigenvalue weighted by molar-refractivity contribution is -0.122. The molecule has 0 bridgehead atoms. The molecule has 0 saturated carbocycles. The number of hydrogen-bond acceptors (Lipinski definition) is 7. The summed E-state index contributed by atoms with van der Waals surface area (Å²) in [5, 5.41) is 23.8. The first kappa shape index (κ1) is 22.6. The van der Waals surface area contributed by atoms with E-state index in [9.17, 15) is 19.5 Å². The zero-order chi connectivity index (χ0) is 22.5. The van der Waals surface area contributed by atoms with E-state index in [4.69, 9.17) is 5.26 Å². The molecule has 0 fully saturated rings. The van der Waals surface area contributed by atoms with Gasteiger partial charge in [-0.15, -0.1) is 0 Å². The van der Waals surface area contributed by atoms with E-state index in [0.717, 1.165) is 0 Å². The maximum absolute atomic E-state index is 12.6. The Bertz CT molecular complexity index is 1060. The monoisotopic (exact) mass is 413 g/mol. The standard InChI is InChI=1S/C20H23N5O5/c1-12-23-16(8-18(27)25(12)10-17(26)22-11-20(2,3)29)14-6-5-13(9-21)7-15(14)24-19(28)30-4/h5-8,29H,10-11H2,1-4H3,(H,22,26)(H,24,28). The van der Waals surface area contributed by atoms with Crippen molar-refractivity contribution in [3.63, 3.8) is 0 Å². The van der Waals surface area contributed by atoms with E-state index in [1.807, 2.05) is 6.07 Å². The molecule has 0 atom stereocenters. The molecule has 30 heavy (non-hydrogen) atoms. The van der Waals surface area contributed by atoms with Gasteiger partial charge in [0.05, 0.1) is 35.7 Å². The van der Waals surface area contributed by atoms with Crippen molar-refractivity contribution < 1.29 is 19.4 Å². The van der Waals surface area contributed by atoms with Crippen LogP contribution in [0.5, 0.6) is 0 Å². The van der Waals surface area contributed by atoms with Crippen LogP contribution in [0.4, 0.5) is 10.5 Å². The van der Waals surface area contributed by atoms with Crippen LogP contribution in [-0.4, -0.2) is 45.9 Å². The molecule has 0 saturated heterocycles. The lowest BCUT2D eigenvalue weighted by atomic mass is 10.1. The van der Waals surface area contributed by atoms with Crippen LogP contribution < -0.4 is 16.2 Å². The number of nitrogens with one attached hydrogen (secondary N) is 2. The van der Waals surface area contributed by atoms with Gasteiger partial charge in [-0.2, -0.15) is 5.26 Å². The second-order valence-corrected chi connectivity index (χ2v) is 7.19. The first-order valence-electron chi connectivity index (χ1n) is 9.01. The molecule has 2 amide bonds. The van der Waals surface area contributed by atoms with Gasteiger partial charge in [0.15, 0.2) is 0 Å². The molecule has 0 spiro atoms. The van der Waals surface area contributed by atoms with Crippen molar-refractivity contribution in [3.8, 4) is 17.3 Å². The van der Waals surface area contributed by atoms with E-state index in [1.54, 1.807) is 26.8 Å². The van der Waals surface area contributed by atoms with Gasteiger partial charge in [0.2, 0.25) is 5.91 Å². The van der Waals surface area contributed by atoms with Crippen molar-refractivity contribution in [2.75, 3.05) is 19.0 Å². The van der Waals surface area contributed by atoms with Gasteiger partial charge in [0.25, 0.3) is 5.56 Å². The Morgan fingerprint density at radius 3 is 2.60 bits per heavy atom. The number of aryl methyl sites for hydroxylation is 1. The summed E-state index contributed by atoms with van der Waals surface area (Å²) < 4.78 is 5.79. The molecule has 2 rings (SSSR count). The van der Waals surface area contributed by atoms with E-state index in [0.29, 0.717) is 11.1 Å². The molecule has 10 heteroatoms. The first-order valence-corrected chi connectivity index (χ1v) is 9.01. The van der Waals surface area contributed by atoms with E-state index in [2.05, 4.69) is 20.4 Å². The number of rotatable bonds is 6. The van der Waals surface area contributed by atoms with Crippen molar-refractivity contribution in [2.24, 2.45) is 0 Å². The fourth-order valence-corrected chi connectivity index (χ4v) is 2.57. The van der Waals surface area contributed by atoms with Crippen molar-refractivity contribution in [1.29, 1.82) is 5.26 Å². The maximum atomic E-state index is 12.6. The van der Waals surface area contributed by atoms with Gasteiger partial charge < -0.3 is 15.2 Å². The van der Waals surface area contributed by atoms with Crippen LogP contribution in [0, 0.1) is 18.3 Å². The van der Waals surface area contributed by atoms with Gasteiger partial charge in [-0.25, -0.2) is 9.78 Å². The number of nitriles is 1. The number of carbonyl (C=O) groups excluding carboxylic acids is 2. The largest absolute Gasteiger partial charge is 0.453 e. The fraction of sp³-hybridized carbons (Fsp3) is 0.350. The van der Waals surface area contributed by atoms with Gasteiger partial charge in [-0.05, 0) is 39.0 Å². The normalized spacial score (nSPS) is 10.8. The maximum Gasteiger partial charge on any atom is 0.411 e. The summed E-state index contributed by atoms with van der Waals surface area (Å²) in [5.74, 6) is -0.160. The molecule has 158 valence electrons. The molecule has 0 aliphatic heterocycles. The van der Waals surface area contributed by atoms with Crippen molar-refractivity contribution in [2.45, 2.75) is 32.9 Å². The van der Waals surface area contributed by atoms with Crippen LogP contribution in [0.2, 0.25) is 0 Å². The predicted molar refractivity (Wildman–Crippen MR) is 109 cm³/mol. The third-order valence-corrected chi connectivity index (χ3v) is 4.07. The van der Waals surface area contributed by atoms with Crippen LogP contribution in [-0.2, 0) is 16.1 Å². The number of methoxy groups -OCH3 is 1. The highest BCUT2D eigenvalue weighted by atomic mass is 16.5. The predicted octanol–water partition coefficient (Wildman–Crippen LogP) is 1.16. The summed E-state index contributed by atoms with van der Waals surface area (Å²) in [6.07, 6.45) is -0.736. The molecule has 3 N–H and O–H groups in total. The molecule has 10 nitrogen and oxygen atoms in total. The van der Waals surface area contributed by atoms with Gasteiger partial charge in [0, 0.05) is 18.2 Å². The molecule has 2 aromatic rings. The lowest BCUT2D eigenvalue weighted by Crippen LogP contribution is -2.41. The zero-order valence-corrected chi connectivity index (χ0v) is 17.1. The van der Waals surface area contributed by atoms with E-state index < -0.39 is 23.2 Å². The highest BCUT2D eigenvalue weighted by molar-refractivity contribution is 5.91. The number of hydrogen-bond donors (Lipinski definition) is 3. The average Bonchev–Trinajstić information content (AvgIpc) is 2.68. The summed E-state index contributed by atoms with van der Waals surface area (Å²) in [5.41, 5.74) is -0.299. The third kappa shape index (κ3) is 5.89. The number of aromatic nitrogens is 2. The van der Waals surface area contributed by atoms with Crippen LogP contribution in [0.25, 0.3) is 11.3 Å². The second-order valence-electron chi connectivity index (χ2n) is 7.19. The Hall–Kier alpha value is -3.71. The average molecular weight is 413 g/mol.